The number of rotatable bonds is 3. The molecule has 3 nitrogen and oxygen atoms in total. The van der Waals surface area contributed by atoms with Crippen LogP contribution in [0, 0.1) is 0 Å². The van der Waals surface area contributed by atoms with Gasteiger partial charge in [-0.2, -0.15) is 0 Å². The molecule has 9 aromatic rings. The van der Waals surface area contributed by atoms with Crippen molar-refractivity contribution < 1.29 is 0 Å². The monoisotopic (exact) mass is 575 g/mol. The van der Waals surface area contributed by atoms with Gasteiger partial charge in [0, 0.05) is 49.7 Å². The fourth-order valence-electron chi connectivity index (χ4n) is 7.95. The maximum Gasteiger partial charge on any atom is 0.0663 e. The molecule has 0 atom stereocenters. The topological polar surface area (TPSA) is 14.8 Å². The van der Waals surface area contributed by atoms with Crippen LogP contribution in [0.4, 0.5) is 0 Å². The van der Waals surface area contributed by atoms with Gasteiger partial charge >= 0.3 is 0 Å². The van der Waals surface area contributed by atoms with Crippen LogP contribution < -0.4 is 0 Å². The van der Waals surface area contributed by atoms with E-state index in [1.54, 1.807) is 0 Å². The van der Waals surface area contributed by atoms with Crippen molar-refractivity contribution in [2.45, 2.75) is 12.8 Å². The van der Waals surface area contributed by atoms with Gasteiger partial charge in [0.1, 0.15) is 0 Å². The molecule has 0 aliphatic heterocycles. The maximum absolute atomic E-state index is 2.54. The molecule has 0 bridgehead atoms. The van der Waals surface area contributed by atoms with Crippen molar-refractivity contribution in [3.63, 3.8) is 0 Å². The van der Waals surface area contributed by atoms with Gasteiger partial charge in [-0.1, -0.05) is 97.1 Å². The number of benzene rings is 6. The third-order valence-corrected chi connectivity index (χ3v) is 9.65. The van der Waals surface area contributed by atoms with Gasteiger partial charge in [0.05, 0.1) is 27.6 Å². The maximum atomic E-state index is 2.54. The predicted molar refractivity (Wildman–Crippen MR) is 189 cm³/mol. The van der Waals surface area contributed by atoms with Crippen LogP contribution in [0.2, 0.25) is 0 Å². The van der Waals surface area contributed by atoms with Crippen LogP contribution in [-0.2, 0) is 6.42 Å². The van der Waals surface area contributed by atoms with Crippen LogP contribution in [0.1, 0.15) is 17.7 Å². The van der Waals surface area contributed by atoms with Gasteiger partial charge in [-0.3, -0.25) is 0 Å². The minimum Gasteiger partial charge on any atom is -0.309 e. The van der Waals surface area contributed by atoms with Gasteiger partial charge in [0.15, 0.2) is 0 Å². The zero-order valence-electron chi connectivity index (χ0n) is 24.7. The van der Waals surface area contributed by atoms with Gasteiger partial charge in [-0.25, -0.2) is 0 Å². The van der Waals surface area contributed by atoms with Crippen LogP contribution >= 0.6 is 0 Å². The second kappa shape index (κ2) is 9.35. The average Bonchev–Trinajstić information content (AvgIpc) is 3.75. The van der Waals surface area contributed by atoms with Gasteiger partial charge in [-0.15, -0.1) is 0 Å². The Bertz CT molecular complexity index is 2610. The lowest BCUT2D eigenvalue weighted by Crippen LogP contribution is -2.00. The summed E-state index contributed by atoms with van der Waals surface area (Å²) in [7, 11) is 0. The van der Waals surface area contributed by atoms with Gasteiger partial charge in [0.2, 0.25) is 0 Å². The van der Waals surface area contributed by atoms with Crippen molar-refractivity contribution in [2.24, 2.45) is 0 Å². The first-order valence-corrected chi connectivity index (χ1v) is 15.8. The van der Waals surface area contributed by atoms with Crippen LogP contribution in [0.15, 0.2) is 146 Å². The van der Waals surface area contributed by atoms with Crippen molar-refractivity contribution in [3.05, 3.63) is 157 Å². The number of allylic oxidation sites excluding steroid dienone is 1. The third-order valence-electron chi connectivity index (χ3n) is 9.65. The summed E-state index contributed by atoms with van der Waals surface area (Å²) in [6, 6.07) is 50.6. The summed E-state index contributed by atoms with van der Waals surface area (Å²) in [4.78, 5) is 0. The Morgan fingerprint density at radius 1 is 0.400 bits per heavy atom. The lowest BCUT2D eigenvalue weighted by Gasteiger charge is -2.13. The number of hydrogen-bond acceptors (Lipinski definition) is 0. The Balaban J connectivity index is 1.61. The molecule has 3 heterocycles. The molecular weight excluding hydrogens is 546 g/mol. The number of nitrogens with zero attached hydrogens (tertiary/aromatic N) is 3. The number of para-hydroxylation sites is 5. The molecule has 0 unspecified atom stereocenters. The van der Waals surface area contributed by atoms with E-state index in [1.165, 1.54) is 82.8 Å². The summed E-state index contributed by atoms with van der Waals surface area (Å²) in [5.74, 6) is 0. The summed E-state index contributed by atoms with van der Waals surface area (Å²) in [5.41, 5.74) is 12.5. The van der Waals surface area contributed by atoms with E-state index in [2.05, 4.69) is 165 Å². The van der Waals surface area contributed by atoms with E-state index in [1.807, 2.05) is 0 Å². The molecule has 212 valence electrons. The van der Waals surface area contributed by atoms with Crippen molar-refractivity contribution in [1.29, 1.82) is 0 Å². The van der Waals surface area contributed by atoms with E-state index in [-0.39, 0.29) is 0 Å². The number of fused-ring (bicyclic) bond motifs is 12. The van der Waals surface area contributed by atoms with E-state index >= 15 is 0 Å². The quantitative estimate of drug-likeness (QED) is 0.199. The number of aryl methyl sites for hydroxylation is 1. The van der Waals surface area contributed by atoms with Gasteiger partial charge < -0.3 is 13.7 Å². The Labute approximate surface area is 260 Å². The number of aromatic nitrogens is 3. The fourth-order valence-corrected chi connectivity index (χ4v) is 7.95. The molecule has 0 spiro atoms. The molecule has 0 fully saturated rings. The Morgan fingerprint density at radius 3 is 1.36 bits per heavy atom. The van der Waals surface area contributed by atoms with E-state index in [4.69, 9.17) is 0 Å². The fraction of sp³-hybridized carbons (Fsp3) is 0.0476. The molecule has 1 aliphatic carbocycles. The summed E-state index contributed by atoms with van der Waals surface area (Å²) < 4.78 is 7.57. The molecule has 45 heavy (non-hydrogen) atoms. The number of hydrogen-bond donors (Lipinski definition) is 0. The van der Waals surface area contributed by atoms with Crippen molar-refractivity contribution in [1.82, 2.24) is 13.7 Å². The van der Waals surface area contributed by atoms with Crippen molar-refractivity contribution >= 4 is 60.6 Å². The second-order valence-corrected chi connectivity index (χ2v) is 12.0. The molecule has 0 saturated carbocycles. The molecule has 0 amide bonds. The van der Waals surface area contributed by atoms with Gasteiger partial charge in [0.25, 0.3) is 0 Å². The highest BCUT2D eigenvalue weighted by molar-refractivity contribution is 6.37. The standard InChI is InChI=1S/C42H29N3/c1-4-16-28(17-5-1)43-34-25-13-10-22-31(34)37-40(43)38-32-23-11-14-26-35(32)44(29-18-6-2-7-19-29)42(38)39-33-24-12-15-27-36(33)45(41(37)39)30-20-8-3-9-21-30/h1-11,13-23,25-27H,12,24H2. The largest absolute Gasteiger partial charge is 0.309 e. The summed E-state index contributed by atoms with van der Waals surface area (Å²) in [6.07, 6.45) is 6.75. The van der Waals surface area contributed by atoms with Gasteiger partial charge in [-0.05, 0) is 73.0 Å². The molecule has 0 saturated heterocycles. The van der Waals surface area contributed by atoms with E-state index < -0.39 is 0 Å². The van der Waals surface area contributed by atoms with E-state index in [0.29, 0.717) is 0 Å². The van der Waals surface area contributed by atoms with Crippen LogP contribution in [0.5, 0.6) is 0 Å². The van der Waals surface area contributed by atoms with Crippen molar-refractivity contribution in [2.75, 3.05) is 0 Å². The van der Waals surface area contributed by atoms with Crippen LogP contribution in [0.25, 0.3) is 77.7 Å². The Kier molecular flexibility index (Phi) is 5.11. The first kappa shape index (κ1) is 24.6. The first-order valence-electron chi connectivity index (χ1n) is 15.8. The van der Waals surface area contributed by atoms with E-state index in [0.717, 1.165) is 12.8 Å². The van der Waals surface area contributed by atoms with Crippen LogP contribution in [0.3, 0.4) is 0 Å². The minimum absolute atomic E-state index is 1.01. The summed E-state index contributed by atoms with van der Waals surface area (Å²) in [5, 5.41) is 6.52. The average molecular weight is 576 g/mol. The first-order chi connectivity index (χ1) is 22.4. The molecular formula is C42H29N3. The molecule has 0 radical (unpaired) electrons. The Hall–Kier alpha value is -5.80. The molecule has 0 N–H and O–H groups in total. The predicted octanol–water partition coefficient (Wildman–Crippen LogP) is 10.8. The smallest absolute Gasteiger partial charge is 0.0663 e. The highest BCUT2D eigenvalue weighted by Gasteiger charge is 2.30. The zero-order valence-corrected chi connectivity index (χ0v) is 24.7. The molecule has 3 aromatic heterocycles. The lowest BCUT2D eigenvalue weighted by atomic mass is 9.97. The summed E-state index contributed by atoms with van der Waals surface area (Å²) >= 11 is 0. The normalized spacial score (nSPS) is 13.1. The van der Waals surface area contributed by atoms with E-state index in [9.17, 15) is 0 Å². The molecule has 6 aromatic carbocycles. The molecule has 10 rings (SSSR count). The Morgan fingerprint density at radius 2 is 0.822 bits per heavy atom. The molecule has 3 heteroatoms. The second-order valence-electron chi connectivity index (χ2n) is 12.0. The highest BCUT2D eigenvalue weighted by atomic mass is 15.1. The SMILES string of the molecule is C1=Cc2c(c3c(c4c5ccccc5n(-c5ccccc5)c4c4c5ccccc5n(-c5ccccc5)c34)n2-c2ccccc2)CC1. The lowest BCUT2D eigenvalue weighted by molar-refractivity contribution is 0.968. The third kappa shape index (κ3) is 3.30. The highest BCUT2D eigenvalue weighted by Crippen LogP contribution is 2.50. The van der Waals surface area contributed by atoms with Crippen LogP contribution in [-0.4, -0.2) is 13.7 Å². The van der Waals surface area contributed by atoms with Crippen molar-refractivity contribution in [3.8, 4) is 17.1 Å². The minimum atomic E-state index is 1.01. The molecule has 1 aliphatic rings. The zero-order chi connectivity index (χ0) is 29.5. The summed E-state index contributed by atoms with van der Waals surface area (Å²) in [6.45, 7) is 0.